The quantitative estimate of drug-likeness (QED) is 0.667. The maximum atomic E-state index is 5.94. The number of anilines is 1. The Labute approximate surface area is 106 Å². The smallest absolute Gasteiger partial charge is 0.0521 e. The molecule has 1 aromatic carbocycles. The van der Waals surface area contributed by atoms with Gasteiger partial charge in [0, 0.05) is 29.6 Å². The number of hydrogen-bond acceptors (Lipinski definition) is 3. The van der Waals surface area contributed by atoms with E-state index in [1.807, 2.05) is 30.1 Å². The summed E-state index contributed by atoms with van der Waals surface area (Å²) in [6.07, 6.45) is 4.99. The molecule has 2 rings (SSSR count). The van der Waals surface area contributed by atoms with Gasteiger partial charge in [-0.15, -0.1) is 11.8 Å². The molecule has 90 valence electrons. The van der Waals surface area contributed by atoms with Gasteiger partial charge in [0.1, 0.15) is 0 Å². The third kappa shape index (κ3) is 3.27. The maximum Gasteiger partial charge on any atom is 0.0521 e. The largest absolute Gasteiger partial charge is 0.398 e. The Morgan fingerprint density at radius 3 is 2.94 bits per heavy atom. The molecule has 0 radical (unpaired) electrons. The molecule has 0 atom stereocenters. The fourth-order valence-electron chi connectivity index (χ4n) is 1.65. The topological polar surface area (TPSA) is 43.8 Å². The van der Waals surface area contributed by atoms with E-state index >= 15 is 0 Å². The summed E-state index contributed by atoms with van der Waals surface area (Å²) in [5.74, 6) is 1.03. The Bertz CT molecular complexity index is 505. The molecule has 17 heavy (non-hydrogen) atoms. The van der Waals surface area contributed by atoms with E-state index in [-0.39, 0.29) is 0 Å². The van der Waals surface area contributed by atoms with Gasteiger partial charge in [0.2, 0.25) is 0 Å². The Kier molecular flexibility index (Phi) is 3.74. The van der Waals surface area contributed by atoms with Crippen molar-refractivity contribution in [3.8, 4) is 0 Å². The molecule has 0 saturated heterocycles. The number of thioether (sulfide) groups is 1. The molecule has 2 aromatic rings. The Morgan fingerprint density at radius 2 is 2.24 bits per heavy atom. The van der Waals surface area contributed by atoms with E-state index in [0.29, 0.717) is 0 Å². The van der Waals surface area contributed by atoms with Crippen LogP contribution in [0.1, 0.15) is 11.1 Å². The highest BCUT2D eigenvalue weighted by Gasteiger charge is 2.01. The first-order valence-electron chi connectivity index (χ1n) is 5.61. The lowest BCUT2D eigenvalue weighted by atomic mass is 10.2. The van der Waals surface area contributed by atoms with Crippen LogP contribution in [0.25, 0.3) is 0 Å². The van der Waals surface area contributed by atoms with Gasteiger partial charge in [0.15, 0.2) is 0 Å². The number of nitrogens with two attached hydrogens (primary N) is 1. The Morgan fingerprint density at radius 1 is 1.41 bits per heavy atom. The Balaban J connectivity index is 1.91. The molecule has 4 heteroatoms. The summed E-state index contributed by atoms with van der Waals surface area (Å²) in [7, 11) is 1.94. The number of aromatic nitrogens is 2. The molecular weight excluding hydrogens is 230 g/mol. The number of nitrogens with zero attached hydrogens (tertiary/aromatic N) is 2. The second-order valence-electron chi connectivity index (χ2n) is 4.16. The molecule has 1 heterocycles. The van der Waals surface area contributed by atoms with Crippen molar-refractivity contribution in [1.82, 2.24) is 9.78 Å². The second kappa shape index (κ2) is 5.27. The van der Waals surface area contributed by atoms with Crippen molar-refractivity contribution in [2.45, 2.75) is 18.2 Å². The summed E-state index contributed by atoms with van der Waals surface area (Å²) >= 11 is 1.80. The van der Waals surface area contributed by atoms with Gasteiger partial charge in [-0.2, -0.15) is 5.10 Å². The van der Waals surface area contributed by atoms with Crippen molar-refractivity contribution in [3.05, 3.63) is 41.7 Å². The van der Waals surface area contributed by atoms with Gasteiger partial charge < -0.3 is 5.73 Å². The summed E-state index contributed by atoms with van der Waals surface area (Å²) in [5, 5.41) is 4.16. The van der Waals surface area contributed by atoms with Crippen LogP contribution < -0.4 is 5.73 Å². The third-order valence-corrected chi connectivity index (χ3v) is 3.65. The van der Waals surface area contributed by atoms with Crippen LogP contribution in [0.2, 0.25) is 0 Å². The first-order chi connectivity index (χ1) is 8.15. The summed E-state index contributed by atoms with van der Waals surface area (Å²) in [6, 6.07) is 6.16. The van der Waals surface area contributed by atoms with Gasteiger partial charge >= 0.3 is 0 Å². The SMILES string of the molecule is Cc1ccc(N)c(SCCc2cnn(C)c2)c1. The highest BCUT2D eigenvalue weighted by atomic mass is 32.2. The summed E-state index contributed by atoms with van der Waals surface area (Å²) in [5.41, 5.74) is 9.33. The second-order valence-corrected chi connectivity index (χ2v) is 5.30. The van der Waals surface area contributed by atoms with E-state index < -0.39 is 0 Å². The minimum Gasteiger partial charge on any atom is -0.398 e. The molecule has 0 amide bonds. The van der Waals surface area contributed by atoms with E-state index in [0.717, 1.165) is 17.9 Å². The van der Waals surface area contributed by atoms with Crippen molar-refractivity contribution in [2.75, 3.05) is 11.5 Å². The van der Waals surface area contributed by atoms with Gasteiger partial charge in [-0.1, -0.05) is 6.07 Å². The van der Waals surface area contributed by atoms with Crippen LogP contribution in [-0.2, 0) is 13.5 Å². The zero-order valence-corrected chi connectivity index (χ0v) is 11.0. The van der Waals surface area contributed by atoms with Gasteiger partial charge in [0.25, 0.3) is 0 Å². The summed E-state index contributed by atoms with van der Waals surface area (Å²) in [4.78, 5) is 1.17. The first-order valence-corrected chi connectivity index (χ1v) is 6.60. The van der Waals surface area contributed by atoms with Crippen LogP contribution >= 0.6 is 11.8 Å². The molecule has 0 bridgehead atoms. The zero-order chi connectivity index (χ0) is 12.3. The van der Waals surface area contributed by atoms with Crippen LogP contribution in [-0.4, -0.2) is 15.5 Å². The molecule has 0 aliphatic rings. The van der Waals surface area contributed by atoms with Gasteiger partial charge in [-0.05, 0) is 36.6 Å². The number of nitrogen functional groups attached to an aromatic ring is 1. The summed E-state index contributed by atoms with van der Waals surface area (Å²) < 4.78 is 1.83. The van der Waals surface area contributed by atoms with E-state index in [4.69, 9.17) is 5.73 Å². The van der Waals surface area contributed by atoms with Crippen molar-refractivity contribution < 1.29 is 0 Å². The van der Waals surface area contributed by atoms with Crippen molar-refractivity contribution in [3.63, 3.8) is 0 Å². The van der Waals surface area contributed by atoms with Crippen molar-refractivity contribution >= 4 is 17.4 Å². The average molecular weight is 247 g/mol. The van der Waals surface area contributed by atoms with Crippen LogP contribution in [0.4, 0.5) is 5.69 Å². The number of rotatable bonds is 4. The molecular formula is C13H17N3S. The minimum absolute atomic E-state index is 0.867. The van der Waals surface area contributed by atoms with E-state index in [1.165, 1.54) is 16.0 Å². The van der Waals surface area contributed by atoms with Crippen LogP contribution in [0, 0.1) is 6.92 Å². The lowest BCUT2D eigenvalue weighted by Crippen LogP contribution is -1.92. The number of hydrogen-bond donors (Lipinski definition) is 1. The molecule has 0 unspecified atom stereocenters. The van der Waals surface area contributed by atoms with Gasteiger partial charge in [-0.3, -0.25) is 4.68 Å². The first kappa shape index (κ1) is 12.0. The Hall–Kier alpha value is -1.42. The van der Waals surface area contributed by atoms with E-state index in [1.54, 1.807) is 11.8 Å². The standard InChI is InChI=1S/C13H17N3S/c1-10-3-4-12(14)13(7-10)17-6-5-11-8-15-16(2)9-11/h3-4,7-9H,5-6,14H2,1-2H3. The van der Waals surface area contributed by atoms with Crippen LogP contribution in [0.3, 0.4) is 0 Å². The fourth-order valence-corrected chi connectivity index (χ4v) is 2.71. The monoisotopic (exact) mass is 247 g/mol. The van der Waals surface area contributed by atoms with Gasteiger partial charge in [0.05, 0.1) is 6.20 Å². The highest BCUT2D eigenvalue weighted by Crippen LogP contribution is 2.26. The van der Waals surface area contributed by atoms with Crippen LogP contribution in [0.15, 0.2) is 35.5 Å². The molecule has 0 fully saturated rings. The minimum atomic E-state index is 0.867. The molecule has 0 aliphatic heterocycles. The lowest BCUT2D eigenvalue weighted by Gasteiger charge is -2.05. The predicted octanol–water partition coefficient (Wildman–Crippen LogP) is 2.65. The van der Waals surface area contributed by atoms with E-state index in [9.17, 15) is 0 Å². The zero-order valence-electron chi connectivity index (χ0n) is 10.2. The fraction of sp³-hybridized carbons (Fsp3) is 0.308. The van der Waals surface area contributed by atoms with Crippen molar-refractivity contribution in [2.24, 2.45) is 7.05 Å². The lowest BCUT2D eigenvalue weighted by molar-refractivity contribution is 0.767. The molecule has 0 saturated carbocycles. The molecule has 0 spiro atoms. The average Bonchev–Trinajstić information content (AvgIpc) is 2.69. The summed E-state index contributed by atoms with van der Waals surface area (Å²) in [6.45, 7) is 2.09. The molecule has 0 aliphatic carbocycles. The predicted molar refractivity (Wildman–Crippen MR) is 73.2 cm³/mol. The molecule has 2 N–H and O–H groups in total. The third-order valence-electron chi connectivity index (χ3n) is 2.58. The van der Waals surface area contributed by atoms with Gasteiger partial charge in [-0.25, -0.2) is 0 Å². The number of benzene rings is 1. The molecule has 1 aromatic heterocycles. The number of aryl methyl sites for hydroxylation is 3. The van der Waals surface area contributed by atoms with Crippen molar-refractivity contribution in [1.29, 1.82) is 0 Å². The van der Waals surface area contributed by atoms with E-state index in [2.05, 4.69) is 24.3 Å². The molecule has 3 nitrogen and oxygen atoms in total. The normalized spacial score (nSPS) is 10.7. The maximum absolute atomic E-state index is 5.94. The van der Waals surface area contributed by atoms with Crippen LogP contribution in [0.5, 0.6) is 0 Å². The highest BCUT2D eigenvalue weighted by molar-refractivity contribution is 7.99.